The van der Waals surface area contributed by atoms with Gasteiger partial charge in [0.1, 0.15) is 5.78 Å². The van der Waals surface area contributed by atoms with Gasteiger partial charge in [-0.3, -0.25) is 14.4 Å². The number of Topliss-reactive ketones (excluding diaryl/α,β-unsaturated/α-hetero) is 1. The van der Waals surface area contributed by atoms with Crippen molar-refractivity contribution in [3.05, 3.63) is 29.8 Å². The summed E-state index contributed by atoms with van der Waals surface area (Å²) in [6.45, 7) is 1.83. The Morgan fingerprint density at radius 2 is 1.58 bits per heavy atom. The van der Waals surface area contributed by atoms with Crippen molar-refractivity contribution in [2.45, 2.75) is 60.8 Å². The third-order valence-corrected chi connectivity index (χ3v) is 10.3. The Morgan fingerprint density at radius 1 is 0.903 bits per heavy atom. The Labute approximate surface area is 186 Å². The second-order valence-corrected chi connectivity index (χ2v) is 12.0. The Hall–Kier alpha value is -1.71. The summed E-state index contributed by atoms with van der Waals surface area (Å²) in [6.07, 6.45) is 4.97. The fourth-order valence-electron chi connectivity index (χ4n) is 5.63. The SMILES string of the molecule is Cc1ccc(S(=O)(=O)ON2C(=O)C3CCC4C(=O)C5CCCCC5SC4C3C2=O)cc1. The zero-order valence-electron chi connectivity index (χ0n) is 17.2. The molecule has 2 aliphatic carbocycles. The number of imide groups is 1. The van der Waals surface area contributed by atoms with E-state index in [1.54, 1.807) is 23.9 Å². The van der Waals surface area contributed by atoms with Crippen molar-refractivity contribution in [3.63, 3.8) is 0 Å². The lowest BCUT2D eigenvalue weighted by Gasteiger charge is -2.46. The van der Waals surface area contributed by atoms with Gasteiger partial charge in [0.25, 0.3) is 11.8 Å². The number of carbonyl (C=O) groups excluding carboxylic acids is 3. The lowest BCUT2D eigenvalue weighted by Crippen LogP contribution is -2.51. The van der Waals surface area contributed by atoms with Gasteiger partial charge in [0, 0.05) is 22.3 Å². The first-order valence-corrected chi connectivity index (χ1v) is 13.2. The summed E-state index contributed by atoms with van der Waals surface area (Å²) in [5.41, 5.74) is 0.879. The maximum atomic E-state index is 13.2. The molecule has 166 valence electrons. The van der Waals surface area contributed by atoms with Gasteiger partial charge in [-0.25, -0.2) is 0 Å². The first-order chi connectivity index (χ1) is 14.8. The molecule has 1 aromatic carbocycles. The van der Waals surface area contributed by atoms with Gasteiger partial charge in [-0.15, -0.1) is 9.35 Å². The van der Waals surface area contributed by atoms with E-state index >= 15 is 0 Å². The smallest absolute Gasteiger partial charge is 0.299 e. The Balaban J connectivity index is 1.40. The molecule has 0 N–H and O–H groups in total. The van der Waals surface area contributed by atoms with Crippen molar-refractivity contribution in [1.29, 1.82) is 0 Å². The minimum absolute atomic E-state index is 0.0537. The predicted molar refractivity (Wildman–Crippen MR) is 113 cm³/mol. The summed E-state index contributed by atoms with van der Waals surface area (Å²) in [5, 5.41) is 0.360. The number of benzene rings is 1. The molecule has 9 heteroatoms. The third kappa shape index (κ3) is 3.45. The number of fused-ring (bicyclic) bond motifs is 4. The molecule has 4 aliphatic rings. The predicted octanol–water partition coefficient (Wildman–Crippen LogP) is 2.87. The van der Waals surface area contributed by atoms with Crippen LogP contribution in [0.15, 0.2) is 29.2 Å². The van der Waals surface area contributed by atoms with E-state index < -0.39 is 33.8 Å². The highest BCUT2D eigenvalue weighted by Gasteiger charge is 2.60. The Kier molecular flexibility index (Phi) is 5.26. The van der Waals surface area contributed by atoms with E-state index in [0.29, 0.717) is 17.9 Å². The largest absolute Gasteiger partial charge is 0.318 e. The number of hydroxylamine groups is 2. The molecule has 6 atom stereocenters. The number of thioether (sulfide) groups is 1. The van der Waals surface area contributed by atoms with Gasteiger partial charge >= 0.3 is 10.1 Å². The number of hydrogen-bond donors (Lipinski definition) is 0. The van der Waals surface area contributed by atoms with Crippen LogP contribution < -0.4 is 0 Å². The number of rotatable bonds is 3. The van der Waals surface area contributed by atoms with Crippen LogP contribution in [0, 0.1) is 30.6 Å². The van der Waals surface area contributed by atoms with E-state index in [-0.39, 0.29) is 33.0 Å². The van der Waals surface area contributed by atoms with Gasteiger partial charge in [0.2, 0.25) is 0 Å². The summed E-state index contributed by atoms with van der Waals surface area (Å²) >= 11 is 1.68. The van der Waals surface area contributed by atoms with Gasteiger partial charge in [-0.2, -0.15) is 20.2 Å². The third-order valence-electron chi connectivity index (χ3n) is 7.22. The van der Waals surface area contributed by atoms with E-state index in [1.807, 2.05) is 6.92 Å². The van der Waals surface area contributed by atoms with Gasteiger partial charge in [0.15, 0.2) is 0 Å². The molecule has 4 fully saturated rings. The van der Waals surface area contributed by atoms with Crippen LogP contribution in [0.25, 0.3) is 0 Å². The summed E-state index contributed by atoms with van der Waals surface area (Å²) in [5.74, 6) is -2.51. The molecule has 2 amide bonds. The van der Waals surface area contributed by atoms with E-state index in [0.717, 1.165) is 31.2 Å². The Morgan fingerprint density at radius 3 is 2.32 bits per heavy atom. The molecular formula is C22H25NO6S2. The van der Waals surface area contributed by atoms with Crippen molar-refractivity contribution in [2.75, 3.05) is 0 Å². The molecule has 2 heterocycles. The van der Waals surface area contributed by atoms with Crippen LogP contribution in [0.2, 0.25) is 0 Å². The number of nitrogens with zero attached hydrogens (tertiary/aromatic N) is 1. The van der Waals surface area contributed by atoms with E-state index in [4.69, 9.17) is 4.28 Å². The number of hydrogen-bond acceptors (Lipinski definition) is 7. The topological polar surface area (TPSA) is 97.8 Å². The van der Waals surface area contributed by atoms with Gasteiger partial charge < -0.3 is 0 Å². The van der Waals surface area contributed by atoms with Crippen LogP contribution in [0.1, 0.15) is 44.1 Å². The molecule has 0 radical (unpaired) electrons. The second kappa shape index (κ2) is 7.71. The van der Waals surface area contributed by atoms with Gasteiger partial charge in [-0.1, -0.05) is 30.5 Å². The molecule has 2 saturated carbocycles. The normalized spacial score (nSPS) is 35.5. The molecule has 6 unspecified atom stereocenters. The average molecular weight is 464 g/mol. The minimum Gasteiger partial charge on any atom is -0.299 e. The second-order valence-electron chi connectivity index (χ2n) is 9.06. The number of carbonyl (C=O) groups is 3. The maximum absolute atomic E-state index is 13.2. The van der Waals surface area contributed by atoms with Crippen molar-refractivity contribution >= 4 is 39.5 Å². The van der Waals surface area contributed by atoms with Crippen molar-refractivity contribution in [3.8, 4) is 0 Å². The maximum Gasteiger partial charge on any atom is 0.318 e. The molecule has 5 rings (SSSR count). The van der Waals surface area contributed by atoms with Gasteiger partial charge in [-0.05, 0) is 44.7 Å². The summed E-state index contributed by atoms with van der Waals surface area (Å²) < 4.78 is 30.4. The molecule has 2 aliphatic heterocycles. The van der Waals surface area contributed by atoms with Crippen LogP contribution in [0.3, 0.4) is 0 Å². The van der Waals surface area contributed by atoms with Crippen LogP contribution >= 0.6 is 11.8 Å². The average Bonchev–Trinajstić information content (AvgIpc) is 2.99. The summed E-state index contributed by atoms with van der Waals surface area (Å²) in [7, 11) is -4.32. The van der Waals surface area contributed by atoms with Crippen LogP contribution in [-0.2, 0) is 28.8 Å². The molecule has 0 bridgehead atoms. The number of aryl methyl sites for hydroxylation is 1. The van der Waals surface area contributed by atoms with Crippen LogP contribution in [-0.4, -0.2) is 41.6 Å². The van der Waals surface area contributed by atoms with E-state index in [2.05, 4.69) is 0 Å². The van der Waals surface area contributed by atoms with Gasteiger partial charge in [0.05, 0.1) is 16.7 Å². The lowest BCUT2D eigenvalue weighted by molar-refractivity contribution is -0.165. The Bertz CT molecular complexity index is 1040. The fraction of sp³-hybridized carbons (Fsp3) is 0.591. The quantitative estimate of drug-likeness (QED) is 0.636. The monoisotopic (exact) mass is 463 g/mol. The number of amides is 2. The standard InChI is InChI=1S/C22H25NO6S2/c1-12-6-8-13(9-7-12)31(27,28)29-23-21(25)15-10-11-16-19(24)14-4-2-3-5-17(14)30-20(16)18(15)22(23)26/h6-9,14-18,20H,2-5,10-11H2,1H3. The zero-order chi connectivity index (χ0) is 21.9. The van der Waals surface area contributed by atoms with Crippen molar-refractivity contribution in [1.82, 2.24) is 5.06 Å². The first kappa shape index (κ1) is 21.2. The van der Waals surface area contributed by atoms with Crippen molar-refractivity contribution in [2.24, 2.45) is 23.7 Å². The van der Waals surface area contributed by atoms with Crippen LogP contribution in [0.4, 0.5) is 0 Å². The van der Waals surface area contributed by atoms with E-state index in [1.165, 1.54) is 12.1 Å². The molecule has 31 heavy (non-hydrogen) atoms. The van der Waals surface area contributed by atoms with E-state index in [9.17, 15) is 22.8 Å². The fourth-order valence-corrected chi connectivity index (χ4v) is 8.63. The molecule has 0 spiro atoms. The highest BCUT2D eigenvalue weighted by Crippen LogP contribution is 2.54. The molecule has 2 saturated heterocycles. The van der Waals surface area contributed by atoms with Crippen LogP contribution in [0.5, 0.6) is 0 Å². The number of ketones is 1. The molecule has 1 aromatic rings. The van der Waals surface area contributed by atoms with Crippen molar-refractivity contribution < 1.29 is 27.1 Å². The molecule has 7 nitrogen and oxygen atoms in total. The zero-order valence-corrected chi connectivity index (χ0v) is 18.9. The minimum atomic E-state index is -4.32. The summed E-state index contributed by atoms with van der Waals surface area (Å²) in [4.78, 5) is 39.2. The lowest BCUT2D eigenvalue weighted by atomic mass is 9.69. The molecular weight excluding hydrogens is 438 g/mol. The summed E-state index contributed by atoms with van der Waals surface area (Å²) in [6, 6.07) is 6.02. The first-order valence-electron chi connectivity index (χ1n) is 10.9. The molecule has 0 aromatic heterocycles. The highest BCUT2D eigenvalue weighted by molar-refractivity contribution is 8.00. The highest BCUT2D eigenvalue weighted by atomic mass is 32.2.